The van der Waals surface area contributed by atoms with Gasteiger partial charge in [-0.3, -0.25) is 4.79 Å². The largest absolute Gasteiger partial charge is 0.492 e. The van der Waals surface area contributed by atoms with Crippen LogP contribution >= 0.6 is 0 Å². The van der Waals surface area contributed by atoms with Gasteiger partial charge in [-0.1, -0.05) is 6.92 Å². The first kappa shape index (κ1) is 14.4. The fourth-order valence-corrected chi connectivity index (χ4v) is 2.26. The minimum absolute atomic E-state index is 0.0714. The Morgan fingerprint density at radius 2 is 2.20 bits per heavy atom. The van der Waals surface area contributed by atoms with Gasteiger partial charge in [0.1, 0.15) is 12.4 Å². The van der Waals surface area contributed by atoms with Crippen LogP contribution in [0.2, 0.25) is 0 Å². The van der Waals surface area contributed by atoms with Crippen molar-refractivity contribution in [2.75, 3.05) is 19.7 Å². The van der Waals surface area contributed by atoms with Crippen molar-refractivity contribution in [3.05, 3.63) is 29.8 Å². The van der Waals surface area contributed by atoms with Crippen LogP contribution in [0.25, 0.3) is 0 Å². The fraction of sp³-hybridized carbons (Fsp3) is 0.467. The molecular formula is C15H19N3O2. The highest BCUT2D eigenvalue weighted by Gasteiger charge is 2.27. The molecule has 20 heavy (non-hydrogen) atoms. The zero-order valence-corrected chi connectivity index (χ0v) is 11.6. The number of hydrogen-bond acceptors (Lipinski definition) is 4. The molecule has 2 N–H and O–H groups in total. The maximum atomic E-state index is 11.7. The number of carbonyl (C=O) groups excluding carboxylic acids is 1. The summed E-state index contributed by atoms with van der Waals surface area (Å²) in [6.07, 6.45) is 1.000. The van der Waals surface area contributed by atoms with Gasteiger partial charge >= 0.3 is 0 Å². The predicted molar refractivity (Wildman–Crippen MR) is 75.2 cm³/mol. The van der Waals surface area contributed by atoms with Gasteiger partial charge in [0, 0.05) is 13.1 Å². The summed E-state index contributed by atoms with van der Waals surface area (Å²) in [5.74, 6) is 1.15. The minimum Gasteiger partial charge on any atom is -0.492 e. The monoisotopic (exact) mass is 273 g/mol. The molecule has 1 aromatic carbocycles. The summed E-state index contributed by atoms with van der Waals surface area (Å²) >= 11 is 0. The predicted octanol–water partition coefficient (Wildman–Crippen LogP) is 1.05. The van der Waals surface area contributed by atoms with Gasteiger partial charge in [-0.25, -0.2) is 0 Å². The summed E-state index contributed by atoms with van der Waals surface area (Å²) < 4.78 is 5.56. The van der Waals surface area contributed by atoms with Crippen molar-refractivity contribution in [3.63, 3.8) is 0 Å². The van der Waals surface area contributed by atoms with E-state index in [1.54, 1.807) is 24.3 Å². The van der Waals surface area contributed by atoms with Crippen molar-refractivity contribution in [1.82, 2.24) is 10.6 Å². The van der Waals surface area contributed by atoms with Crippen molar-refractivity contribution in [2.45, 2.75) is 19.4 Å². The molecule has 2 rings (SSSR count). The minimum atomic E-state index is -0.131. The van der Waals surface area contributed by atoms with Crippen molar-refractivity contribution in [3.8, 4) is 11.8 Å². The van der Waals surface area contributed by atoms with Gasteiger partial charge in [0.25, 0.3) is 0 Å². The average molecular weight is 273 g/mol. The normalized spacial score (nSPS) is 21.9. The molecule has 2 atom stereocenters. The average Bonchev–Trinajstić information content (AvgIpc) is 2.46. The third kappa shape index (κ3) is 3.72. The molecule has 1 aromatic rings. The van der Waals surface area contributed by atoms with E-state index in [9.17, 15) is 4.79 Å². The van der Waals surface area contributed by atoms with Gasteiger partial charge in [-0.15, -0.1) is 0 Å². The molecule has 1 aliphatic heterocycles. The number of piperidine rings is 1. The molecule has 1 saturated heterocycles. The van der Waals surface area contributed by atoms with Crippen LogP contribution in [0.1, 0.15) is 18.9 Å². The Labute approximate surface area is 118 Å². The Hall–Kier alpha value is -2.06. The molecule has 5 heteroatoms. The van der Waals surface area contributed by atoms with Gasteiger partial charge in [0.05, 0.1) is 17.7 Å². The first-order chi connectivity index (χ1) is 9.70. The molecule has 0 aromatic heterocycles. The lowest BCUT2D eigenvalue weighted by Crippen LogP contribution is -2.53. The standard InChI is InChI=1S/C15H19N3O2/c1-11-6-7-18-15(19)14(11)17-8-9-20-13-4-2-12(10-16)3-5-13/h2-5,11,14,17H,6-9H2,1H3,(H,18,19)/t11-,14-/m1/s1. The first-order valence-corrected chi connectivity index (χ1v) is 6.85. The Kier molecular flexibility index (Phi) is 4.97. The Morgan fingerprint density at radius 3 is 2.85 bits per heavy atom. The summed E-state index contributed by atoms with van der Waals surface area (Å²) in [6.45, 7) is 3.95. The maximum absolute atomic E-state index is 11.7. The number of nitriles is 1. The molecule has 0 unspecified atom stereocenters. The molecule has 0 bridgehead atoms. The third-order valence-corrected chi connectivity index (χ3v) is 3.47. The molecule has 106 valence electrons. The zero-order chi connectivity index (χ0) is 14.4. The fourth-order valence-electron chi connectivity index (χ4n) is 2.26. The quantitative estimate of drug-likeness (QED) is 0.786. The van der Waals surface area contributed by atoms with Crippen LogP contribution in [0.3, 0.4) is 0 Å². The van der Waals surface area contributed by atoms with Gasteiger partial charge in [0.15, 0.2) is 0 Å². The second-order valence-corrected chi connectivity index (χ2v) is 4.97. The molecule has 5 nitrogen and oxygen atoms in total. The molecule has 1 heterocycles. The lowest BCUT2D eigenvalue weighted by molar-refractivity contribution is -0.126. The summed E-state index contributed by atoms with van der Waals surface area (Å²) in [5, 5.41) is 14.8. The van der Waals surface area contributed by atoms with Gasteiger partial charge in [-0.05, 0) is 36.6 Å². The number of hydrogen-bond donors (Lipinski definition) is 2. The van der Waals surface area contributed by atoms with E-state index in [1.807, 2.05) is 0 Å². The number of amides is 1. The molecule has 0 saturated carbocycles. The van der Waals surface area contributed by atoms with Gasteiger partial charge < -0.3 is 15.4 Å². The van der Waals surface area contributed by atoms with E-state index < -0.39 is 0 Å². The Bertz CT molecular complexity index is 493. The first-order valence-electron chi connectivity index (χ1n) is 6.85. The summed E-state index contributed by atoms with van der Waals surface area (Å²) in [5.41, 5.74) is 0.614. The smallest absolute Gasteiger partial charge is 0.237 e. The van der Waals surface area contributed by atoms with Crippen LogP contribution in [-0.2, 0) is 4.79 Å². The number of carbonyl (C=O) groups is 1. The molecule has 0 aliphatic carbocycles. The van der Waals surface area contributed by atoms with Gasteiger partial charge in [-0.2, -0.15) is 5.26 Å². The number of rotatable bonds is 5. The van der Waals surface area contributed by atoms with E-state index in [2.05, 4.69) is 23.6 Å². The Balaban J connectivity index is 1.73. The van der Waals surface area contributed by atoms with E-state index >= 15 is 0 Å². The lowest BCUT2D eigenvalue weighted by Gasteiger charge is -2.29. The van der Waals surface area contributed by atoms with Crippen LogP contribution in [0, 0.1) is 17.2 Å². The number of nitrogens with one attached hydrogen (secondary N) is 2. The molecule has 1 fully saturated rings. The molecule has 0 spiro atoms. The Morgan fingerprint density at radius 1 is 1.45 bits per heavy atom. The summed E-state index contributed by atoms with van der Waals surface area (Å²) in [4.78, 5) is 11.7. The topological polar surface area (TPSA) is 74.2 Å². The molecular weight excluding hydrogens is 254 g/mol. The highest BCUT2D eigenvalue weighted by atomic mass is 16.5. The molecule has 0 radical (unpaired) electrons. The van der Waals surface area contributed by atoms with E-state index in [0.717, 1.165) is 18.7 Å². The maximum Gasteiger partial charge on any atom is 0.237 e. The van der Waals surface area contributed by atoms with Crippen molar-refractivity contribution >= 4 is 5.91 Å². The third-order valence-electron chi connectivity index (χ3n) is 3.47. The van der Waals surface area contributed by atoms with Crippen molar-refractivity contribution < 1.29 is 9.53 Å². The van der Waals surface area contributed by atoms with Gasteiger partial charge in [0.2, 0.25) is 5.91 Å². The van der Waals surface area contributed by atoms with E-state index in [-0.39, 0.29) is 11.9 Å². The van der Waals surface area contributed by atoms with Crippen molar-refractivity contribution in [1.29, 1.82) is 5.26 Å². The van der Waals surface area contributed by atoms with Crippen LogP contribution in [0.5, 0.6) is 5.75 Å². The van der Waals surface area contributed by atoms with E-state index in [4.69, 9.17) is 10.00 Å². The number of nitrogens with zero attached hydrogens (tertiary/aromatic N) is 1. The number of benzene rings is 1. The zero-order valence-electron chi connectivity index (χ0n) is 11.6. The van der Waals surface area contributed by atoms with E-state index in [1.165, 1.54) is 0 Å². The SMILES string of the molecule is C[C@@H]1CCNC(=O)[C@@H]1NCCOc1ccc(C#N)cc1. The lowest BCUT2D eigenvalue weighted by atomic mass is 9.94. The highest BCUT2D eigenvalue weighted by molar-refractivity contribution is 5.82. The van der Waals surface area contributed by atoms with Crippen LogP contribution in [-0.4, -0.2) is 31.6 Å². The summed E-state index contributed by atoms with van der Waals surface area (Å²) in [7, 11) is 0. The van der Waals surface area contributed by atoms with Crippen LogP contribution < -0.4 is 15.4 Å². The highest BCUT2D eigenvalue weighted by Crippen LogP contribution is 2.13. The molecule has 1 aliphatic rings. The van der Waals surface area contributed by atoms with E-state index in [0.29, 0.717) is 24.6 Å². The number of ether oxygens (including phenoxy) is 1. The second kappa shape index (κ2) is 6.92. The van der Waals surface area contributed by atoms with Crippen LogP contribution in [0.15, 0.2) is 24.3 Å². The summed E-state index contributed by atoms with van der Waals surface area (Å²) in [6, 6.07) is 8.92. The second-order valence-electron chi connectivity index (χ2n) is 4.97. The van der Waals surface area contributed by atoms with Crippen molar-refractivity contribution in [2.24, 2.45) is 5.92 Å². The molecule has 1 amide bonds. The van der Waals surface area contributed by atoms with Crippen LogP contribution in [0.4, 0.5) is 0 Å².